The van der Waals surface area contributed by atoms with E-state index in [0.29, 0.717) is 19.2 Å². The molecule has 1 unspecified atom stereocenters. The van der Waals surface area contributed by atoms with Gasteiger partial charge in [0.2, 0.25) is 5.91 Å². The van der Waals surface area contributed by atoms with Crippen LogP contribution in [0.2, 0.25) is 0 Å². The van der Waals surface area contributed by atoms with Crippen molar-refractivity contribution in [1.29, 1.82) is 0 Å². The second-order valence-electron chi connectivity index (χ2n) is 6.42. The number of ether oxygens (including phenoxy) is 1. The zero-order chi connectivity index (χ0) is 17.6. The van der Waals surface area contributed by atoms with Crippen molar-refractivity contribution < 1.29 is 9.53 Å². The Hall–Kier alpha value is -2.33. The lowest BCUT2D eigenvalue weighted by Crippen LogP contribution is -2.38. The first-order valence-corrected chi connectivity index (χ1v) is 8.97. The number of likely N-dealkylation sites (tertiary alicyclic amines) is 1. The van der Waals surface area contributed by atoms with E-state index in [4.69, 9.17) is 4.74 Å². The minimum absolute atomic E-state index is 0.129. The predicted octanol–water partition coefficient (Wildman–Crippen LogP) is 3.89. The van der Waals surface area contributed by atoms with Gasteiger partial charge in [0.1, 0.15) is 5.75 Å². The number of benzene rings is 2. The first-order chi connectivity index (χ1) is 12.2. The van der Waals surface area contributed by atoms with Gasteiger partial charge < -0.3 is 9.64 Å². The molecule has 25 heavy (non-hydrogen) atoms. The standard InChI is InChI=1S/C21H26N2O2/c1-3-25-19-13-11-17(12-14-19)20-10-7-15-23(20)16-21(24)22(2)18-8-5-4-6-9-18/h4-6,8-9,11-14,20H,3,7,10,15-16H2,1-2H3. The summed E-state index contributed by atoms with van der Waals surface area (Å²) < 4.78 is 5.52. The van der Waals surface area contributed by atoms with Gasteiger partial charge >= 0.3 is 0 Å². The zero-order valence-electron chi connectivity index (χ0n) is 15.0. The third kappa shape index (κ3) is 4.20. The van der Waals surface area contributed by atoms with E-state index >= 15 is 0 Å². The molecule has 0 N–H and O–H groups in total. The minimum Gasteiger partial charge on any atom is -0.494 e. The molecule has 1 heterocycles. The zero-order valence-corrected chi connectivity index (χ0v) is 15.0. The van der Waals surface area contributed by atoms with Crippen molar-refractivity contribution in [2.45, 2.75) is 25.8 Å². The highest BCUT2D eigenvalue weighted by Gasteiger charge is 2.28. The van der Waals surface area contributed by atoms with Gasteiger partial charge in [0.15, 0.2) is 0 Å². The molecule has 2 aromatic rings. The summed E-state index contributed by atoms with van der Waals surface area (Å²) in [6, 6.07) is 18.4. The molecule has 1 amide bonds. The van der Waals surface area contributed by atoms with Gasteiger partial charge in [0.05, 0.1) is 13.2 Å². The van der Waals surface area contributed by atoms with Crippen LogP contribution in [0.15, 0.2) is 54.6 Å². The van der Waals surface area contributed by atoms with Crippen LogP contribution in [0.4, 0.5) is 5.69 Å². The fourth-order valence-electron chi connectivity index (χ4n) is 3.42. The molecule has 2 aromatic carbocycles. The Morgan fingerprint density at radius 3 is 2.56 bits per heavy atom. The van der Waals surface area contributed by atoms with Crippen LogP contribution in [0.1, 0.15) is 31.4 Å². The molecular formula is C21H26N2O2. The molecule has 0 bridgehead atoms. The molecule has 4 heteroatoms. The molecule has 1 aliphatic heterocycles. The molecule has 1 atom stereocenters. The monoisotopic (exact) mass is 338 g/mol. The molecule has 4 nitrogen and oxygen atoms in total. The molecule has 0 aliphatic carbocycles. The molecule has 132 valence electrons. The van der Waals surface area contributed by atoms with Crippen LogP contribution in [0.25, 0.3) is 0 Å². The van der Waals surface area contributed by atoms with Crippen LogP contribution < -0.4 is 9.64 Å². The molecule has 1 aliphatic rings. The van der Waals surface area contributed by atoms with E-state index in [0.717, 1.165) is 30.8 Å². The van der Waals surface area contributed by atoms with E-state index in [-0.39, 0.29) is 5.91 Å². The Balaban J connectivity index is 1.66. The average Bonchev–Trinajstić information content (AvgIpc) is 3.11. The van der Waals surface area contributed by atoms with Crippen LogP contribution in [-0.2, 0) is 4.79 Å². The number of nitrogens with zero attached hydrogens (tertiary/aromatic N) is 2. The molecule has 1 fully saturated rings. The van der Waals surface area contributed by atoms with Gasteiger partial charge in [0, 0.05) is 18.8 Å². The third-order valence-corrected chi connectivity index (χ3v) is 4.80. The Kier molecular flexibility index (Phi) is 5.71. The summed E-state index contributed by atoms with van der Waals surface area (Å²) in [5, 5.41) is 0. The lowest BCUT2D eigenvalue weighted by molar-refractivity contribution is -0.119. The van der Waals surface area contributed by atoms with Crippen molar-refractivity contribution in [2.75, 3.05) is 31.6 Å². The quantitative estimate of drug-likeness (QED) is 0.801. The normalized spacial score (nSPS) is 17.4. The van der Waals surface area contributed by atoms with Gasteiger partial charge in [0.25, 0.3) is 0 Å². The first-order valence-electron chi connectivity index (χ1n) is 8.97. The predicted molar refractivity (Wildman–Crippen MR) is 101 cm³/mol. The van der Waals surface area contributed by atoms with Crippen molar-refractivity contribution in [3.63, 3.8) is 0 Å². The summed E-state index contributed by atoms with van der Waals surface area (Å²) in [5.41, 5.74) is 2.19. The highest BCUT2D eigenvalue weighted by Crippen LogP contribution is 2.32. The SMILES string of the molecule is CCOc1ccc(C2CCCN2CC(=O)N(C)c2ccccc2)cc1. The molecule has 0 aromatic heterocycles. The summed E-state index contributed by atoms with van der Waals surface area (Å²) in [4.78, 5) is 16.7. The van der Waals surface area contributed by atoms with Crippen molar-refractivity contribution >= 4 is 11.6 Å². The molecule has 1 saturated heterocycles. The Labute approximate surface area is 150 Å². The van der Waals surface area contributed by atoms with Gasteiger partial charge in [-0.15, -0.1) is 0 Å². The number of likely N-dealkylation sites (N-methyl/N-ethyl adjacent to an activating group) is 1. The summed E-state index contributed by atoms with van der Waals surface area (Å²) in [6.45, 7) is 4.08. The Morgan fingerprint density at radius 2 is 1.88 bits per heavy atom. The van der Waals surface area contributed by atoms with E-state index in [1.807, 2.05) is 56.4 Å². The lowest BCUT2D eigenvalue weighted by atomic mass is 10.0. The van der Waals surface area contributed by atoms with Gasteiger partial charge in [-0.05, 0) is 56.1 Å². The van der Waals surface area contributed by atoms with E-state index in [1.165, 1.54) is 5.56 Å². The average molecular weight is 338 g/mol. The van der Waals surface area contributed by atoms with Crippen LogP contribution in [0.5, 0.6) is 5.75 Å². The van der Waals surface area contributed by atoms with Crippen LogP contribution in [0, 0.1) is 0 Å². The number of para-hydroxylation sites is 1. The Morgan fingerprint density at radius 1 is 1.16 bits per heavy atom. The number of carbonyl (C=O) groups is 1. The molecular weight excluding hydrogens is 312 g/mol. The number of anilines is 1. The summed E-state index contributed by atoms with van der Waals surface area (Å²) in [6.07, 6.45) is 2.22. The molecule has 3 rings (SSSR count). The van der Waals surface area contributed by atoms with E-state index in [9.17, 15) is 4.79 Å². The first kappa shape index (κ1) is 17.5. The second kappa shape index (κ2) is 8.17. The molecule has 0 spiro atoms. The largest absolute Gasteiger partial charge is 0.494 e. The number of hydrogen-bond acceptors (Lipinski definition) is 3. The maximum Gasteiger partial charge on any atom is 0.240 e. The Bertz CT molecular complexity index is 685. The van der Waals surface area contributed by atoms with Crippen molar-refractivity contribution in [2.24, 2.45) is 0 Å². The number of hydrogen-bond donors (Lipinski definition) is 0. The highest BCUT2D eigenvalue weighted by molar-refractivity contribution is 5.94. The van der Waals surface area contributed by atoms with Crippen LogP contribution in [-0.4, -0.2) is 37.6 Å². The minimum atomic E-state index is 0.129. The summed E-state index contributed by atoms with van der Waals surface area (Å²) in [5.74, 6) is 1.03. The molecule has 0 radical (unpaired) electrons. The maximum atomic E-state index is 12.7. The summed E-state index contributed by atoms with van der Waals surface area (Å²) in [7, 11) is 1.85. The van der Waals surface area contributed by atoms with Crippen LogP contribution >= 0.6 is 0 Å². The van der Waals surface area contributed by atoms with Gasteiger partial charge in [-0.25, -0.2) is 0 Å². The van der Waals surface area contributed by atoms with Crippen molar-refractivity contribution in [3.8, 4) is 5.75 Å². The third-order valence-electron chi connectivity index (χ3n) is 4.80. The van der Waals surface area contributed by atoms with Gasteiger partial charge in [-0.1, -0.05) is 30.3 Å². The van der Waals surface area contributed by atoms with E-state index < -0.39 is 0 Å². The fraction of sp³-hybridized carbons (Fsp3) is 0.381. The number of amides is 1. The smallest absolute Gasteiger partial charge is 0.240 e. The van der Waals surface area contributed by atoms with Gasteiger partial charge in [-0.2, -0.15) is 0 Å². The van der Waals surface area contributed by atoms with E-state index in [1.54, 1.807) is 4.90 Å². The van der Waals surface area contributed by atoms with E-state index in [2.05, 4.69) is 17.0 Å². The van der Waals surface area contributed by atoms with Crippen molar-refractivity contribution in [3.05, 3.63) is 60.2 Å². The van der Waals surface area contributed by atoms with Gasteiger partial charge in [-0.3, -0.25) is 9.69 Å². The number of rotatable bonds is 6. The lowest BCUT2D eigenvalue weighted by Gasteiger charge is -2.27. The van der Waals surface area contributed by atoms with Crippen molar-refractivity contribution in [1.82, 2.24) is 4.90 Å². The highest BCUT2D eigenvalue weighted by atomic mass is 16.5. The molecule has 0 saturated carbocycles. The van der Waals surface area contributed by atoms with Crippen LogP contribution in [0.3, 0.4) is 0 Å². The summed E-state index contributed by atoms with van der Waals surface area (Å²) >= 11 is 0. The maximum absolute atomic E-state index is 12.7. The second-order valence-corrected chi connectivity index (χ2v) is 6.42. The topological polar surface area (TPSA) is 32.8 Å². The number of carbonyl (C=O) groups excluding carboxylic acids is 1. The fourth-order valence-corrected chi connectivity index (χ4v) is 3.42.